The van der Waals surface area contributed by atoms with Crippen LogP contribution in [0.25, 0.3) is 0 Å². The molecule has 0 aliphatic carbocycles. The molecule has 3 rings (SSSR count). The summed E-state index contributed by atoms with van der Waals surface area (Å²) in [6.07, 6.45) is 1.48. The molecule has 3 N–H and O–H groups in total. The Morgan fingerprint density at radius 3 is 2.42 bits per heavy atom. The van der Waals surface area contributed by atoms with E-state index in [9.17, 15) is 19.5 Å². The van der Waals surface area contributed by atoms with Gasteiger partial charge in [-0.05, 0) is 54.7 Å². The second-order valence-electron chi connectivity index (χ2n) is 7.74. The number of ether oxygens (including phenoxy) is 2. The van der Waals surface area contributed by atoms with Gasteiger partial charge in [0.15, 0.2) is 11.5 Å². The molecule has 1 heterocycles. The van der Waals surface area contributed by atoms with E-state index in [-0.39, 0.29) is 37.0 Å². The summed E-state index contributed by atoms with van der Waals surface area (Å²) >= 11 is 0. The number of hydrogen-bond acceptors (Lipinski definition) is 6. The molecule has 0 saturated carbocycles. The number of phenolic OH excluding ortho intramolecular Hbond substituents is 1. The first-order chi connectivity index (χ1) is 15.9. The molecule has 1 fully saturated rings. The van der Waals surface area contributed by atoms with Crippen LogP contribution in [0.4, 0.5) is 4.79 Å². The smallest absolute Gasteiger partial charge is 0.324 e. The molecule has 9 heteroatoms. The van der Waals surface area contributed by atoms with E-state index in [1.165, 1.54) is 4.90 Å². The van der Waals surface area contributed by atoms with Crippen molar-refractivity contribution in [3.63, 3.8) is 0 Å². The average molecular weight is 456 g/mol. The Labute approximate surface area is 192 Å². The molecule has 1 atom stereocenters. The highest BCUT2D eigenvalue weighted by Crippen LogP contribution is 2.28. The van der Waals surface area contributed by atoms with Crippen molar-refractivity contribution in [2.45, 2.75) is 31.7 Å². The largest absolute Gasteiger partial charge is 0.508 e. The molecule has 176 valence electrons. The molecule has 1 aliphatic rings. The number of methoxy groups -OCH3 is 2. The number of amides is 4. The second kappa shape index (κ2) is 11.2. The normalized spacial score (nSPS) is 15.3. The first kappa shape index (κ1) is 23.9. The minimum absolute atomic E-state index is 0.135. The van der Waals surface area contributed by atoms with Crippen molar-refractivity contribution < 1.29 is 29.0 Å². The fourth-order valence-corrected chi connectivity index (χ4v) is 3.63. The number of carbonyl (C=O) groups excluding carboxylic acids is 3. The highest BCUT2D eigenvalue weighted by molar-refractivity contribution is 6.04. The van der Waals surface area contributed by atoms with Crippen molar-refractivity contribution in [2.75, 3.05) is 27.3 Å². The van der Waals surface area contributed by atoms with Crippen molar-refractivity contribution in [1.29, 1.82) is 0 Å². The van der Waals surface area contributed by atoms with Gasteiger partial charge < -0.3 is 25.2 Å². The monoisotopic (exact) mass is 455 g/mol. The molecule has 0 aromatic heterocycles. The van der Waals surface area contributed by atoms with Gasteiger partial charge in [-0.3, -0.25) is 14.5 Å². The molecule has 33 heavy (non-hydrogen) atoms. The molecule has 1 aliphatic heterocycles. The third-order valence-electron chi connectivity index (χ3n) is 5.51. The SMILES string of the molecule is COc1ccc(CCN2C(=O)NC(CCC(=O)NCCc3ccc(O)cc3)C2=O)cc1OC. The van der Waals surface area contributed by atoms with Crippen LogP contribution >= 0.6 is 0 Å². The molecule has 1 unspecified atom stereocenters. The van der Waals surface area contributed by atoms with E-state index in [4.69, 9.17) is 9.47 Å². The second-order valence-corrected chi connectivity index (χ2v) is 7.74. The summed E-state index contributed by atoms with van der Waals surface area (Å²) in [6, 6.07) is 11.1. The van der Waals surface area contributed by atoms with Crippen molar-refractivity contribution in [2.24, 2.45) is 0 Å². The van der Waals surface area contributed by atoms with E-state index >= 15 is 0 Å². The molecule has 2 aromatic rings. The number of phenols is 1. The van der Waals surface area contributed by atoms with Gasteiger partial charge in [0.25, 0.3) is 5.91 Å². The van der Waals surface area contributed by atoms with Crippen molar-refractivity contribution in [1.82, 2.24) is 15.5 Å². The van der Waals surface area contributed by atoms with Gasteiger partial charge in [-0.15, -0.1) is 0 Å². The fraction of sp³-hybridized carbons (Fsp3) is 0.375. The topological polar surface area (TPSA) is 117 Å². The number of hydrogen-bond donors (Lipinski definition) is 3. The number of benzene rings is 2. The molecule has 4 amide bonds. The summed E-state index contributed by atoms with van der Waals surface area (Å²) in [6.45, 7) is 0.682. The van der Waals surface area contributed by atoms with E-state index in [1.54, 1.807) is 44.6 Å². The van der Waals surface area contributed by atoms with Crippen LogP contribution < -0.4 is 20.1 Å². The zero-order valence-electron chi connectivity index (χ0n) is 18.8. The minimum Gasteiger partial charge on any atom is -0.508 e. The molecular formula is C24H29N3O6. The Morgan fingerprint density at radius 1 is 1.03 bits per heavy atom. The van der Waals surface area contributed by atoms with E-state index in [0.29, 0.717) is 30.9 Å². The highest BCUT2D eigenvalue weighted by atomic mass is 16.5. The van der Waals surface area contributed by atoms with E-state index in [0.717, 1.165) is 11.1 Å². The molecule has 1 saturated heterocycles. The summed E-state index contributed by atoms with van der Waals surface area (Å²) < 4.78 is 10.5. The number of nitrogens with zero attached hydrogens (tertiary/aromatic N) is 1. The van der Waals surface area contributed by atoms with Crippen LogP contribution in [0.5, 0.6) is 17.2 Å². The summed E-state index contributed by atoms with van der Waals surface area (Å²) in [5.74, 6) is 0.889. The van der Waals surface area contributed by atoms with E-state index in [2.05, 4.69) is 10.6 Å². The number of rotatable bonds is 11. The van der Waals surface area contributed by atoms with Crippen LogP contribution in [0.3, 0.4) is 0 Å². The lowest BCUT2D eigenvalue weighted by atomic mass is 10.1. The number of imide groups is 1. The third kappa shape index (κ3) is 6.38. The molecule has 9 nitrogen and oxygen atoms in total. The number of carbonyl (C=O) groups is 3. The Morgan fingerprint density at radius 2 is 1.73 bits per heavy atom. The summed E-state index contributed by atoms with van der Waals surface area (Å²) in [4.78, 5) is 38.2. The van der Waals surface area contributed by atoms with Crippen molar-refractivity contribution in [3.8, 4) is 17.2 Å². The van der Waals surface area contributed by atoms with Gasteiger partial charge in [0, 0.05) is 19.5 Å². The Hall–Kier alpha value is -3.75. The fourth-order valence-electron chi connectivity index (χ4n) is 3.63. The van der Waals surface area contributed by atoms with Gasteiger partial charge >= 0.3 is 6.03 Å². The van der Waals surface area contributed by atoms with Crippen LogP contribution in [0, 0.1) is 0 Å². The van der Waals surface area contributed by atoms with Crippen LogP contribution in [-0.2, 0) is 22.4 Å². The van der Waals surface area contributed by atoms with Gasteiger partial charge in [-0.25, -0.2) is 4.79 Å². The Kier molecular flexibility index (Phi) is 8.12. The molecule has 0 bridgehead atoms. The van der Waals surface area contributed by atoms with E-state index in [1.807, 2.05) is 12.1 Å². The van der Waals surface area contributed by atoms with Crippen LogP contribution in [0.15, 0.2) is 42.5 Å². The lowest BCUT2D eigenvalue weighted by Gasteiger charge is -2.14. The maximum atomic E-state index is 12.6. The lowest BCUT2D eigenvalue weighted by molar-refractivity contribution is -0.127. The Balaban J connectivity index is 1.42. The zero-order valence-corrected chi connectivity index (χ0v) is 18.8. The average Bonchev–Trinajstić information content (AvgIpc) is 3.09. The zero-order chi connectivity index (χ0) is 23.8. The lowest BCUT2D eigenvalue weighted by Crippen LogP contribution is -2.34. The number of nitrogens with one attached hydrogen (secondary N) is 2. The van der Waals surface area contributed by atoms with E-state index < -0.39 is 12.1 Å². The third-order valence-corrected chi connectivity index (χ3v) is 5.51. The first-order valence-electron chi connectivity index (χ1n) is 10.8. The maximum Gasteiger partial charge on any atom is 0.324 e. The summed E-state index contributed by atoms with van der Waals surface area (Å²) in [5.41, 5.74) is 1.90. The van der Waals surface area contributed by atoms with Crippen molar-refractivity contribution >= 4 is 17.8 Å². The standard InChI is InChI=1S/C24H29N3O6/c1-32-20-9-5-17(15-21(20)33-2)12-14-27-23(30)19(26-24(27)31)8-10-22(29)25-13-11-16-3-6-18(28)7-4-16/h3-7,9,15,19,28H,8,10-14H2,1-2H3,(H,25,29)(H,26,31). The summed E-state index contributed by atoms with van der Waals surface area (Å²) in [5, 5.41) is 14.8. The van der Waals surface area contributed by atoms with Gasteiger partial charge in [0.05, 0.1) is 14.2 Å². The minimum atomic E-state index is -0.703. The van der Waals surface area contributed by atoms with Gasteiger partial charge in [-0.1, -0.05) is 18.2 Å². The molecular weight excluding hydrogens is 426 g/mol. The van der Waals surface area contributed by atoms with Gasteiger partial charge in [0.2, 0.25) is 5.91 Å². The molecule has 2 aromatic carbocycles. The molecule has 0 radical (unpaired) electrons. The quantitative estimate of drug-likeness (QED) is 0.446. The van der Waals surface area contributed by atoms with Crippen molar-refractivity contribution in [3.05, 3.63) is 53.6 Å². The predicted molar refractivity (Wildman–Crippen MR) is 121 cm³/mol. The van der Waals surface area contributed by atoms with Crippen LogP contribution in [-0.4, -0.2) is 61.2 Å². The molecule has 0 spiro atoms. The van der Waals surface area contributed by atoms with Crippen LogP contribution in [0.2, 0.25) is 0 Å². The predicted octanol–water partition coefficient (Wildman–Crippen LogP) is 2.01. The number of urea groups is 1. The number of aromatic hydroxyl groups is 1. The van der Waals surface area contributed by atoms with Gasteiger partial charge in [-0.2, -0.15) is 0 Å². The van der Waals surface area contributed by atoms with Gasteiger partial charge in [0.1, 0.15) is 11.8 Å². The highest BCUT2D eigenvalue weighted by Gasteiger charge is 2.37. The summed E-state index contributed by atoms with van der Waals surface area (Å²) in [7, 11) is 3.11. The van der Waals surface area contributed by atoms with Crippen LogP contribution in [0.1, 0.15) is 24.0 Å². The Bertz CT molecular complexity index is 992. The first-order valence-corrected chi connectivity index (χ1v) is 10.8. The maximum absolute atomic E-state index is 12.6.